The molecule has 1 aromatic rings. The number of rotatable bonds is 17. The van der Waals surface area contributed by atoms with Crippen LogP contribution in [0.3, 0.4) is 0 Å². The molecule has 10 atom stereocenters. The molecule has 0 aromatic heterocycles. The van der Waals surface area contributed by atoms with Gasteiger partial charge in [0.2, 0.25) is 23.1 Å². The van der Waals surface area contributed by atoms with Gasteiger partial charge in [-0.25, -0.2) is 19.2 Å². The number of hydrogen-bond donors (Lipinski definition) is 7. The third kappa shape index (κ3) is 7.27. The Morgan fingerprint density at radius 3 is 2.26 bits per heavy atom. The van der Waals surface area contributed by atoms with Crippen LogP contribution in [0.4, 0.5) is 0 Å². The molecule has 47 heavy (non-hydrogen) atoms. The maximum atomic E-state index is 12.9. The number of aliphatic hydroxyl groups excluding tert-OH is 3. The smallest absolute Gasteiger partial charge is 0.344 e. The highest BCUT2D eigenvalue weighted by Gasteiger charge is 2.85. The molecule has 0 aliphatic carbocycles. The van der Waals surface area contributed by atoms with E-state index in [4.69, 9.17) is 14.2 Å². The number of hydrogen-bond acceptors (Lipinski definition) is 11. The number of esters is 1. The van der Waals surface area contributed by atoms with E-state index < -0.39 is 84.2 Å². The van der Waals surface area contributed by atoms with Crippen LogP contribution in [-0.4, -0.2) is 108 Å². The van der Waals surface area contributed by atoms with Gasteiger partial charge < -0.3 is 50.0 Å². The van der Waals surface area contributed by atoms with Crippen LogP contribution in [0.15, 0.2) is 54.6 Å². The lowest BCUT2D eigenvalue weighted by molar-refractivity contribution is -0.374. The Morgan fingerprint density at radius 2 is 1.72 bits per heavy atom. The summed E-state index contributed by atoms with van der Waals surface area (Å²) >= 11 is 0. The van der Waals surface area contributed by atoms with E-state index in [9.17, 15) is 54.9 Å². The summed E-state index contributed by atoms with van der Waals surface area (Å²) in [4.78, 5) is 50.6. The first-order chi connectivity index (χ1) is 22.0. The van der Waals surface area contributed by atoms with E-state index >= 15 is 0 Å². The fraction of sp³-hybridized carbons (Fsp3) is 0.576. The first-order valence-electron chi connectivity index (χ1n) is 15.4. The summed E-state index contributed by atoms with van der Waals surface area (Å²) in [5.41, 5.74) is -6.61. The molecule has 2 aliphatic rings. The highest BCUT2D eigenvalue weighted by atomic mass is 16.8. The summed E-state index contributed by atoms with van der Waals surface area (Å²) in [5, 5.41) is 74.1. The van der Waals surface area contributed by atoms with Gasteiger partial charge in [0.25, 0.3) is 0 Å². The Labute approximate surface area is 271 Å². The molecule has 3 rings (SSSR count). The molecular weight excluding hydrogens is 620 g/mol. The van der Waals surface area contributed by atoms with Crippen molar-refractivity contribution in [3.05, 3.63) is 60.2 Å². The second kappa shape index (κ2) is 15.0. The Bertz CT molecular complexity index is 1350. The van der Waals surface area contributed by atoms with Gasteiger partial charge in [-0.15, -0.1) is 0 Å². The van der Waals surface area contributed by atoms with Crippen molar-refractivity contribution in [1.82, 2.24) is 0 Å². The van der Waals surface area contributed by atoms with E-state index in [0.29, 0.717) is 12.3 Å². The summed E-state index contributed by atoms with van der Waals surface area (Å²) < 4.78 is 16.3. The van der Waals surface area contributed by atoms with Gasteiger partial charge in [-0.1, -0.05) is 70.2 Å². The van der Waals surface area contributed by atoms with Crippen LogP contribution in [0.5, 0.6) is 0 Å². The van der Waals surface area contributed by atoms with Crippen LogP contribution in [0, 0.1) is 17.8 Å². The fourth-order valence-corrected chi connectivity index (χ4v) is 6.24. The van der Waals surface area contributed by atoms with Crippen molar-refractivity contribution in [2.75, 3.05) is 6.61 Å². The first-order valence-corrected chi connectivity index (χ1v) is 15.4. The number of carboxylic acids is 3. The predicted molar refractivity (Wildman–Crippen MR) is 163 cm³/mol. The van der Waals surface area contributed by atoms with Gasteiger partial charge in [-0.05, 0) is 42.2 Å². The Morgan fingerprint density at radius 1 is 1.09 bits per heavy atom. The largest absolute Gasteiger partial charge is 0.479 e. The van der Waals surface area contributed by atoms with Crippen LogP contribution in [-0.2, 0) is 39.8 Å². The lowest BCUT2D eigenvalue weighted by atomic mass is 9.74. The second-order valence-corrected chi connectivity index (χ2v) is 12.5. The van der Waals surface area contributed by atoms with Crippen molar-refractivity contribution in [1.29, 1.82) is 0 Å². The van der Waals surface area contributed by atoms with Crippen LogP contribution in [0.2, 0.25) is 0 Å². The molecule has 2 bridgehead atoms. The van der Waals surface area contributed by atoms with Gasteiger partial charge in [-0.2, -0.15) is 0 Å². The Hall–Kier alpha value is -3.66. The molecule has 0 saturated carbocycles. The molecule has 260 valence electrons. The minimum absolute atomic E-state index is 0.0549. The monoisotopic (exact) mass is 664 g/mol. The summed E-state index contributed by atoms with van der Waals surface area (Å²) in [6, 6.07) is 8.94. The number of carbonyl (C=O) groups is 4. The molecule has 7 N–H and O–H groups in total. The van der Waals surface area contributed by atoms with Crippen molar-refractivity contribution in [3.8, 4) is 0 Å². The van der Waals surface area contributed by atoms with Gasteiger partial charge in [0.05, 0.1) is 6.10 Å². The number of fused-ring (bicyclic) bond motifs is 2. The summed E-state index contributed by atoms with van der Waals surface area (Å²) in [7, 11) is 0. The van der Waals surface area contributed by atoms with Crippen molar-refractivity contribution in [2.24, 2.45) is 17.8 Å². The average molecular weight is 665 g/mol. The van der Waals surface area contributed by atoms with Crippen LogP contribution < -0.4 is 0 Å². The number of allylic oxidation sites excluding steroid dienone is 1. The maximum Gasteiger partial charge on any atom is 0.344 e. The molecule has 14 heteroatoms. The molecule has 2 fully saturated rings. The number of ether oxygens (including phenoxy) is 3. The topological polar surface area (TPSA) is 238 Å². The summed E-state index contributed by atoms with van der Waals surface area (Å²) in [5.74, 6) is -11.2. The number of aliphatic hydroxyl groups is 4. The first kappa shape index (κ1) is 37.8. The molecule has 0 radical (unpaired) electrons. The van der Waals surface area contributed by atoms with Crippen LogP contribution >= 0.6 is 0 Å². The quantitative estimate of drug-likeness (QED) is 0.0706. The Balaban J connectivity index is 1.98. The van der Waals surface area contributed by atoms with E-state index in [1.165, 1.54) is 6.08 Å². The SMILES string of the molecule is C=C(CC[C@]12O[C@H](C(=O)O)[C@@](O)(C(=O)O)[C@](C(=O)O)(O1)[C@H](OC(=O)C=C[C@@H](C)C[C@@H](C)CC)[C@H]2O)[C@H](O)[C@H](CO)Cc1ccccc1. The number of carbonyl (C=O) groups excluding carboxylic acids is 1. The normalized spacial score (nSPS) is 31.1. The third-order valence-corrected chi connectivity index (χ3v) is 9.11. The molecule has 1 aromatic carbocycles. The van der Waals surface area contributed by atoms with E-state index in [0.717, 1.165) is 18.1 Å². The molecule has 2 heterocycles. The predicted octanol–water partition coefficient (Wildman–Crippen LogP) is 1.29. The van der Waals surface area contributed by atoms with Crippen molar-refractivity contribution < 1.29 is 69.1 Å². The van der Waals surface area contributed by atoms with Crippen molar-refractivity contribution >= 4 is 23.9 Å². The van der Waals surface area contributed by atoms with Crippen LogP contribution in [0.1, 0.15) is 52.0 Å². The highest BCUT2D eigenvalue weighted by Crippen LogP contribution is 2.55. The maximum absolute atomic E-state index is 12.9. The minimum Gasteiger partial charge on any atom is -0.479 e. The number of aliphatic carboxylic acids is 3. The Kier molecular flexibility index (Phi) is 12.1. The third-order valence-electron chi connectivity index (χ3n) is 9.11. The van der Waals surface area contributed by atoms with E-state index in [2.05, 4.69) is 6.58 Å². The van der Waals surface area contributed by atoms with Gasteiger partial charge in [0.1, 0.15) is 6.10 Å². The zero-order chi connectivity index (χ0) is 35.3. The average Bonchev–Trinajstić information content (AvgIpc) is 3.24. The number of benzene rings is 1. The second-order valence-electron chi connectivity index (χ2n) is 12.5. The molecule has 2 saturated heterocycles. The molecular formula is C33H44O14. The molecule has 0 amide bonds. The van der Waals surface area contributed by atoms with Gasteiger partial charge in [0, 0.05) is 25.0 Å². The minimum atomic E-state index is -3.90. The van der Waals surface area contributed by atoms with E-state index in [1.807, 2.05) is 20.8 Å². The summed E-state index contributed by atoms with van der Waals surface area (Å²) in [6.45, 7) is 9.21. The highest BCUT2D eigenvalue weighted by molar-refractivity contribution is 5.98. The van der Waals surface area contributed by atoms with Crippen molar-refractivity contribution in [2.45, 2.75) is 94.3 Å². The zero-order valence-corrected chi connectivity index (χ0v) is 26.5. The molecule has 2 aliphatic heterocycles. The lowest BCUT2D eigenvalue weighted by Crippen LogP contribution is -2.78. The standard InChI is InChI=1S/C33H44O14/c1-5-18(2)15-19(3)11-12-23(35)45-26-25(37)31(14-13-20(4)24(36)22(17-34)16-21-9-7-6-8-10-21)46-27(28(38)39)32(44,29(40)41)33(26,47-31)30(42)43/h6-12,18-19,22,24-27,34,36-37,44H,4-5,13-17H2,1-3H3,(H,38,39)(H,40,41)(H,42,43)/t18-,19+,22-,24-,25+,26+,27+,31-,32+,33-/m0/s1. The molecule has 0 unspecified atom stereocenters. The van der Waals surface area contributed by atoms with Crippen LogP contribution in [0.25, 0.3) is 0 Å². The van der Waals surface area contributed by atoms with E-state index in [-0.39, 0.29) is 24.3 Å². The van der Waals surface area contributed by atoms with Gasteiger partial charge >= 0.3 is 23.9 Å². The van der Waals surface area contributed by atoms with E-state index in [1.54, 1.807) is 30.3 Å². The summed E-state index contributed by atoms with van der Waals surface area (Å²) in [6.07, 6.45) is -5.68. The molecule has 14 nitrogen and oxygen atoms in total. The zero-order valence-electron chi connectivity index (χ0n) is 26.5. The van der Waals surface area contributed by atoms with Gasteiger partial charge in [0.15, 0.2) is 6.10 Å². The van der Waals surface area contributed by atoms with Gasteiger partial charge in [-0.3, -0.25) is 0 Å². The number of carboxylic acid groups (broad SMARTS) is 3. The molecule has 0 spiro atoms. The lowest BCUT2D eigenvalue weighted by Gasteiger charge is -2.48. The van der Waals surface area contributed by atoms with Crippen molar-refractivity contribution in [3.63, 3.8) is 0 Å². The fourth-order valence-electron chi connectivity index (χ4n) is 6.24.